The topological polar surface area (TPSA) is 106 Å². The van der Waals surface area contributed by atoms with E-state index in [1.165, 1.54) is 19.3 Å². The second kappa shape index (κ2) is 11.8. The second-order valence-electron chi connectivity index (χ2n) is 9.94. The minimum Gasteiger partial charge on any atom is -0.465 e. The third kappa shape index (κ3) is 5.83. The minimum atomic E-state index is -0.359. The molecule has 194 valence electrons. The number of tetrazole rings is 1. The summed E-state index contributed by atoms with van der Waals surface area (Å²) in [7, 11) is 0. The van der Waals surface area contributed by atoms with Crippen LogP contribution in [0.3, 0.4) is 0 Å². The molecule has 0 unspecified atom stereocenters. The van der Waals surface area contributed by atoms with Gasteiger partial charge in [0.05, 0.1) is 12.6 Å². The van der Waals surface area contributed by atoms with Crippen LogP contribution in [0.2, 0.25) is 0 Å². The predicted octanol–water partition coefficient (Wildman–Crippen LogP) is 4.37. The standard InChI is InChI=1S/C27H38N6O3/c1-5-10-24(26-29-30-31-33(26)17-25(34)36-6-2)32(21-11-8-7-9-12-21)16-20-15-22-19(4)13-18(3)14-23(22)28-27(20)35/h13-15,21,24H,5-12,16-17H2,1-4H3,(H,28,35)/t24-/m0/s1. The normalized spacial score (nSPS) is 15.5. The summed E-state index contributed by atoms with van der Waals surface area (Å²) in [5, 5.41) is 13.5. The highest BCUT2D eigenvalue weighted by Gasteiger charge is 2.33. The van der Waals surface area contributed by atoms with Crippen LogP contribution < -0.4 is 5.56 Å². The fourth-order valence-corrected chi connectivity index (χ4v) is 5.55. The van der Waals surface area contributed by atoms with Crippen LogP contribution in [0.1, 0.15) is 87.3 Å². The van der Waals surface area contributed by atoms with Crippen molar-refractivity contribution < 1.29 is 9.53 Å². The van der Waals surface area contributed by atoms with Gasteiger partial charge in [0.25, 0.3) is 5.56 Å². The van der Waals surface area contributed by atoms with Gasteiger partial charge in [-0.2, -0.15) is 0 Å². The number of nitrogens with one attached hydrogen (secondary N) is 1. The van der Waals surface area contributed by atoms with Crippen molar-refractivity contribution in [3.8, 4) is 0 Å². The number of aromatic amines is 1. The molecule has 1 aliphatic carbocycles. The van der Waals surface area contributed by atoms with Crippen molar-refractivity contribution >= 4 is 16.9 Å². The molecule has 2 heterocycles. The molecule has 1 saturated carbocycles. The largest absolute Gasteiger partial charge is 0.465 e. The van der Waals surface area contributed by atoms with Gasteiger partial charge in [-0.05, 0) is 73.7 Å². The van der Waals surface area contributed by atoms with Crippen LogP contribution in [-0.2, 0) is 22.6 Å². The lowest BCUT2D eigenvalue weighted by Crippen LogP contribution is -2.41. The molecule has 0 spiro atoms. The molecule has 36 heavy (non-hydrogen) atoms. The molecule has 0 bridgehead atoms. The van der Waals surface area contributed by atoms with Gasteiger partial charge in [0.15, 0.2) is 5.82 Å². The van der Waals surface area contributed by atoms with Crippen LogP contribution in [-0.4, -0.2) is 48.7 Å². The summed E-state index contributed by atoms with van der Waals surface area (Å²) in [6, 6.07) is 6.42. The van der Waals surface area contributed by atoms with Gasteiger partial charge in [0.2, 0.25) is 0 Å². The molecule has 2 aromatic heterocycles. The number of H-pyrrole nitrogens is 1. The Morgan fingerprint density at radius 3 is 2.69 bits per heavy atom. The first-order chi connectivity index (χ1) is 17.4. The highest BCUT2D eigenvalue weighted by atomic mass is 16.5. The summed E-state index contributed by atoms with van der Waals surface area (Å²) >= 11 is 0. The van der Waals surface area contributed by atoms with Gasteiger partial charge in [-0.1, -0.05) is 38.7 Å². The first-order valence-corrected chi connectivity index (χ1v) is 13.2. The average molecular weight is 495 g/mol. The highest BCUT2D eigenvalue weighted by molar-refractivity contribution is 5.83. The molecule has 0 radical (unpaired) electrons. The van der Waals surface area contributed by atoms with Crippen LogP contribution in [0.15, 0.2) is 23.0 Å². The Balaban J connectivity index is 1.74. The number of nitrogens with zero attached hydrogens (tertiary/aromatic N) is 5. The van der Waals surface area contributed by atoms with E-state index in [-0.39, 0.29) is 24.1 Å². The summed E-state index contributed by atoms with van der Waals surface area (Å²) in [5.41, 5.74) is 3.83. The van der Waals surface area contributed by atoms with E-state index in [4.69, 9.17) is 4.74 Å². The number of carbonyl (C=O) groups excluding carboxylic acids is 1. The third-order valence-electron chi connectivity index (χ3n) is 7.19. The van der Waals surface area contributed by atoms with Gasteiger partial charge in [-0.15, -0.1) is 5.10 Å². The number of fused-ring (bicyclic) bond motifs is 1. The summed E-state index contributed by atoms with van der Waals surface area (Å²) in [4.78, 5) is 31.0. The van der Waals surface area contributed by atoms with Crippen molar-refractivity contribution in [3.05, 3.63) is 51.1 Å². The zero-order chi connectivity index (χ0) is 25.7. The number of hydrogen-bond acceptors (Lipinski definition) is 7. The highest BCUT2D eigenvalue weighted by Crippen LogP contribution is 2.34. The minimum absolute atomic E-state index is 0.0238. The van der Waals surface area contributed by atoms with E-state index >= 15 is 0 Å². The second-order valence-corrected chi connectivity index (χ2v) is 9.94. The average Bonchev–Trinajstić information content (AvgIpc) is 3.30. The summed E-state index contributed by atoms with van der Waals surface area (Å²) in [6.45, 7) is 8.84. The van der Waals surface area contributed by atoms with E-state index in [2.05, 4.69) is 45.3 Å². The molecule has 9 nitrogen and oxygen atoms in total. The van der Waals surface area contributed by atoms with Crippen molar-refractivity contribution in [2.75, 3.05) is 6.61 Å². The van der Waals surface area contributed by atoms with Crippen LogP contribution in [0, 0.1) is 13.8 Å². The fraction of sp³-hybridized carbons (Fsp3) is 0.593. The van der Waals surface area contributed by atoms with E-state index in [1.807, 2.05) is 19.1 Å². The van der Waals surface area contributed by atoms with Gasteiger partial charge >= 0.3 is 5.97 Å². The monoisotopic (exact) mass is 494 g/mol. The number of rotatable bonds is 10. The zero-order valence-corrected chi connectivity index (χ0v) is 21.9. The Morgan fingerprint density at radius 1 is 1.19 bits per heavy atom. The summed E-state index contributed by atoms with van der Waals surface area (Å²) in [5.74, 6) is 0.293. The molecular weight excluding hydrogens is 456 g/mol. The van der Waals surface area contributed by atoms with E-state index in [1.54, 1.807) is 11.6 Å². The smallest absolute Gasteiger partial charge is 0.327 e. The quantitative estimate of drug-likeness (QED) is 0.417. The number of esters is 1. The molecule has 1 aromatic carbocycles. The molecular formula is C27H38N6O3. The lowest BCUT2D eigenvalue weighted by atomic mass is 9.91. The number of aryl methyl sites for hydroxylation is 2. The number of benzene rings is 1. The molecule has 0 saturated heterocycles. The van der Waals surface area contributed by atoms with E-state index < -0.39 is 0 Å². The molecule has 4 rings (SSSR count). The Morgan fingerprint density at radius 2 is 1.97 bits per heavy atom. The van der Waals surface area contributed by atoms with Gasteiger partial charge in [0, 0.05) is 29.1 Å². The molecule has 1 atom stereocenters. The predicted molar refractivity (Wildman–Crippen MR) is 139 cm³/mol. The fourth-order valence-electron chi connectivity index (χ4n) is 5.55. The van der Waals surface area contributed by atoms with E-state index in [9.17, 15) is 9.59 Å². The van der Waals surface area contributed by atoms with Gasteiger partial charge < -0.3 is 9.72 Å². The maximum absolute atomic E-state index is 13.2. The molecule has 0 amide bonds. The lowest BCUT2D eigenvalue weighted by molar-refractivity contribution is -0.144. The van der Waals surface area contributed by atoms with Crippen molar-refractivity contribution in [1.82, 2.24) is 30.1 Å². The number of pyridine rings is 1. The number of ether oxygens (including phenoxy) is 1. The van der Waals surface area contributed by atoms with Crippen LogP contribution in [0.25, 0.3) is 10.9 Å². The van der Waals surface area contributed by atoms with Crippen LogP contribution in [0.4, 0.5) is 0 Å². The number of aromatic nitrogens is 5. The van der Waals surface area contributed by atoms with Crippen molar-refractivity contribution in [2.24, 2.45) is 0 Å². The van der Waals surface area contributed by atoms with Gasteiger partial charge in [0.1, 0.15) is 6.54 Å². The van der Waals surface area contributed by atoms with Crippen LogP contribution >= 0.6 is 0 Å². The molecule has 1 N–H and O–H groups in total. The molecule has 3 aromatic rings. The van der Waals surface area contributed by atoms with E-state index in [0.717, 1.165) is 53.3 Å². The first-order valence-electron chi connectivity index (χ1n) is 13.2. The Labute approximate surface area is 212 Å². The molecule has 9 heteroatoms. The molecule has 1 aliphatic rings. The van der Waals surface area contributed by atoms with Crippen LogP contribution in [0.5, 0.6) is 0 Å². The summed E-state index contributed by atoms with van der Waals surface area (Å²) in [6.07, 6.45) is 7.46. The van der Waals surface area contributed by atoms with Gasteiger partial charge in [-0.25, -0.2) is 4.68 Å². The summed E-state index contributed by atoms with van der Waals surface area (Å²) < 4.78 is 6.71. The third-order valence-corrected chi connectivity index (χ3v) is 7.19. The maximum Gasteiger partial charge on any atom is 0.327 e. The van der Waals surface area contributed by atoms with Gasteiger partial charge in [-0.3, -0.25) is 14.5 Å². The zero-order valence-electron chi connectivity index (χ0n) is 21.9. The Hall–Kier alpha value is -3.07. The number of carbonyl (C=O) groups is 1. The van der Waals surface area contributed by atoms with Crippen molar-refractivity contribution in [1.29, 1.82) is 0 Å². The maximum atomic E-state index is 13.2. The molecule has 1 fully saturated rings. The van der Waals surface area contributed by atoms with E-state index in [0.29, 0.717) is 25.0 Å². The van der Waals surface area contributed by atoms with Crippen molar-refractivity contribution in [2.45, 2.75) is 97.8 Å². The van der Waals surface area contributed by atoms with Crippen molar-refractivity contribution in [3.63, 3.8) is 0 Å². The first kappa shape index (κ1) is 26.0. The number of hydrogen-bond donors (Lipinski definition) is 1. The lowest BCUT2D eigenvalue weighted by Gasteiger charge is -2.39. The Kier molecular flexibility index (Phi) is 8.51. The molecule has 0 aliphatic heterocycles. The Bertz CT molecular complexity index is 1240. The SMILES string of the molecule is CCC[C@@H](c1nnnn1CC(=O)OCC)N(Cc1cc2c(C)cc(C)cc2[nH]c1=O)C1CCCCC1.